The van der Waals surface area contributed by atoms with E-state index in [1.54, 1.807) is 20.2 Å². The van der Waals surface area contributed by atoms with E-state index < -0.39 is 0 Å². The molecule has 0 atom stereocenters. The summed E-state index contributed by atoms with van der Waals surface area (Å²) in [4.78, 5) is 20.6. The minimum atomic E-state index is -0.0968. The summed E-state index contributed by atoms with van der Waals surface area (Å²) in [5.41, 5.74) is 1.24. The number of hydrogen-bond donors (Lipinski definition) is 0. The Morgan fingerprint density at radius 1 is 1.42 bits per heavy atom. The van der Waals surface area contributed by atoms with Gasteiger partial charge >= 0.3 is 0 Å². The summed E-state index contributed by atoms with van der Waals surface area (Å²) in [6, 6.07) is 1.67. The Labute approximate surface area is 71.3 Å². The minimum Gasteiger partial charge on any atom is -0.343 e. The smallest absolute Gasteiger partial charge is 0.272 e. The van der Waals surface area contributed by atoms with E-state index in [1.165, 1.54) is 11.2 Å². The highest BCUT2D eigenvalue weighted by Gasteiger charge is 2.08. The summed E-state index contributed by atoms with van der Waals surface area (Å²) in [6.07, 6.45) is 1.39. The first-order chi connectivity index (χ1) is 5.61. The molecule has 0 N–H and O–H groups in total. The van der Waals surface area contributed by atoms with E-state index in [1.807, 2.05) is 6.92 Å². The van der Waals surface area contributed by atoms with Crippen LogP contribution in [0.5, 0.6) is 0 Å². The van der Waals surface area contributed by atoms with E-state index in [0.29, 0.717) is 5.69 Å². The maximum absolute atomic E-state index is 11.3. The molecule has 1 amide bonds. The molecule has 4 heteroatoms. The molecule has 0 aliphatic heterocycles. The average Bonchev–Trinajstić information content (AvgIpc) is 2.03. The third kappa shape index (κ3) is 1.78. The predicted octanol–water partition coefficient (Wildman–Crippen LogP) is 0.487. The number of hydrogen-bond acceptors (Lipinski definition) is 3. The van der Waals surface area contributed by atoms with Gasteiger partial charge in [0.05, 0.1) is 0 Å². The monoisotopic (exact) mass is 165 g/mol. The molecular formula is C8H11N3O. The Morgan fingerprint density at radius 2 is 2.08 bits per heavy atom. The van der Waals surface area contributed by atoms with Crippen molar-refractivity contribution in [2.45, 2.75) is 6.92 Å². The molecule has 1 rings (SSSR count). The predicted molar refractivity (Wildman–Crippen MR) is 44.8 cm³/mol. The number of nitrogens with zero attached hydrogens (tertiary/aromatic N) is 3. The fraction of sp³-hybridized carbons (Fsp3) is 0.375. The van der Waals surface area contributed by atoms with Crippen LogP contribution in [0.2, 0.25) is 0 Å². The molecule has 1 heterocycles. The standard InChI is InChI=1S/C8H11N3O/c1-6-4-7(10-5-9-6)8(12)11(2)3/h4-5H,1-3H3. The van der Waals surface area contributed by atoms with Gasteiger partial charge in [0.25, 0.3) is 5.91 Å². The molecule has 0 unspecified atom stereocenters. The summed E-state index contributed by atoms with van der Waals surface area (Å²) in [5.74, 6) is -0.0968. The van der Waals surface area contributed by atoms with Gasteiger partial charge in [0.2, 0.25) is 0 Å². The average molecular weight is 165 g/mol. The molecule has 1 aromatic rings. The Hall–Kier alpha value is -1.45. The second-order valence-corrected chi connectivity index (χ2v) is 2.74. The lowest BCUT2D eigenvalue weighted by atomic mass is 10.3. The van der Waals surface area contributed by atoms with Gasteiger partial charge in [-0.2, -0.15) is 0 Å². The molecule has 0 saturated carbocycles. The van der Waals surface area contributed by atoms with Crippen LogP contribution in [0, 0.1) is 6.92 Å². The van der Waals surface area contributed by atoms with E-state index in [-0.39, 0.29) is 5.91 Å². The van der Waals surface area contributed by atoms with Crippen molar-refractivity contribution in [1.82, 2.24) is 14.9 Å². The number of carbonyl (C=O) groups excluding carboxylic acids is 1. The van der Waals surface area contributed by atoms with Crippen LogP contribution < -0.4 is 0 Å². The number of aryl methyl sites for hydroxylation is 1. The van der Waals surface area contributed by atoms with Gasteiger partial charge in [0, 0.05) is 19.8 Å². The van der Waals surface area contributed by atoms with Crippen LogP contribution in [0.3, 0.4) is 0 Å². The van der Waals surface area contributed by atoms with Crippen LogP contribution >= 0.6 is 0 Å². The molecule has 12 heavy (non-hydrogen) atoms. The van der Waals surface area contributed by atoms with Gasteiger partial charge in [-0.25, -0.2) is 9.97 Å². The van der Waals surface area contributed by atoms with E-state index in [2.05, 4.69) is 9.97 Å². The number of rotatable bonds is 1. The van der Waals surface area contributed by atoms with E-state index in [4.69, 9.17) is 0 Å². The SMILES string of the molecule is Cc1cc(C(=O)N(C)C)ncn1. The summed E-state index contributed by atoms with van der Waals surface area (Å²) in [7, 11) is 3.39. The van der Waals surface area contributed by atoms with Crippen LogP contribution in [0.15, 0.2) is 12.4 Å². The van der Waals surface area contributed by atoms with Crippen molar-refractivity contribution < 1.29 is 4.79 Å². The Kier molecular flexibility index (Phi) is 2.38. The minimum absolute atomic E-state index is 0.0968. The molecule has 0 radical (unpaired) electrons. The first kappa shape index (κ1) is 8.64. The summed E-state index contributed by atoms with van der Waals surface area (Å²) in [5, 5.41) is 0. The lowest BCUT2D eigenvalue weighted by Crippen LogP contribution is -2.22. The van der Waals surface area contributed by atoms with Crippen LogP contribution in [0.25, 0.3) is 0 Å². The number of aromatic nitrogens is 2. The fourth-order valence-electron chi connectivity index (χ4n) is 0.801. The highest BCUT2D eigenvalue weighted by molar-refractivity contribution is 5.91. The van der Waals surface area contributed by atoms with Crippen molar-refractivity contribution >= 4 is 5.91 Å². The van der Waals surface area contributed by atoms with Crippen LogP contribution in [-0.4, -0.2) is 34.9 Å². The van der Waals surface area contributed by atoms with E-state index >= 15 is 0 Å². The second kappa shape index (κ2) is 3.30. The molecule has 0 bridgehead atoms. The lowest BCUT2D eigenvalue weighted by Gasteiger charge is -2.08. The largest absolute Gasteiger partial charge is 0.343 e. The quantitative estimate of drug-likeness (QED) is 0.608. The van der Waals surface area contributed by atoms with Crippen molar-refractivity contribution in [3.63, 3.8) is 0 Å². The normalized spacial score (nSPS) is 9.58. The van der Waals surface area contributed by atoms with Gasteiger partial charge in [-0.1, -0.05) is 0 Å². The molecule has 0 aliphatic carbocycles. The van der Waals surface area contributed by atoms with Crippen LogP contribution in [-0.2, 0) is 0 Å². The fourth-order valence-corrected chi connectivity index (χ4v) is 0.801. The highest BCUT2D eigenvalue weighted by Crippen LogP contribution is 1.98. The van der Waals surface area contributed by atoms with Gasteiger partial charge in [0.15, 0.2) is 0 Å². The third-order valence-corrected chi connectivity index (χ3v) is 1.43. The van der Waals surface area contributed by atoms with Gasteiger partial charge in [0.1, 0.15) is 12.0 Å². The van der Waals surface area contributed by atoms with Gasteiger partial charge < -0.3 is 4.90 Å². The maximum atomic E-state index is 11.3. The van der Waals surface area contributed by atoms with Crippen LogP contribution in [0.1, 0.15) is 16.2 Å². The molecule has 0 spiro atoms. The zero-order valence-corrected chi connectivity index (χ0v) is 7.40. The van der Waals surface area contributed by atoms with E-state index in [9.17, 15) is 4.79 Å². The van der Waals surface area contributed by atoms with Crippen molar-refractivity contribution in [3.05, 3.63) is 23.8 Å². The topological polar surface area (TPSA) is 46.1 Å². The summed E-state index contributed by atoms with van der Waals surface area (Å²) >= 11 is 0. The molecule has 1 aromatic heterocycles. The van der Waals surface area contributed by atoms with Gasteiger partial charge in [-0.15, -0.1) is 0 Å². The summed E-state index contributed by atoms with van der Waals surface area (Å²) in [6.45, 7) is 1.83. The second-order valence-electron chi connectivity index (χ2n) is 2.74. The molecular weight excluding hydrogens is 154 g/mol. The molecule has 0 saturated heterocycles. The summed E-state index contributed by atoms with van der Waals surface area (Å²) < 4.78 is 0. The zero-order chi connectivity index (χ0) is 9.14. The zero-order valence-electron chi connectivity index (χ0n) is 7.40. The first-order valence-electron chi connectivity index (χ1n) is 3.61. The highest BCUT2D eigenvalue weighted by atomic mass is 16.2. The number of carbonyl (C=O) groups is 1. The van der Waals surface area contributed by atoms with Gasteiger partial charge in [-0.3, -0.25) is 4.79 Å². The van der Waals surface area contributed by atoms with Crippen molar-refractivity contribution in [1.29, 1.82) is 0 Å². The molecule has 4 nitrogen and oxygen atoms in total. The molecule has 0 aromatic carbocycles. The maximum Gasteiger partial charge on any atom is 0.272 e. The number of amides is 1. The molecule has 0 fully saturated rings. The first-order valence-corrected chi connectivity index (χ1v) is 3.61. The Bertz CT molecular complexity index is 296. The van der Waals surface area contributed by atoms with Crippen molar-refractivity contribution in [3.8, 4) is 0 Å². The molecule has 64 valence electrons. The third-order valence-electron chi connectivity index (χ3n) is 1.43. The Balaban J connectivity index is 2.96. The van der Waals surface area contributed by atoms with Gasteiger partial charge in [-0.05, 0) is 13.0 Å². The van der Waals surface area contributed by atoms with E-state index in [0.717, 1.165) is 5.69 Å². The van der Waals surface area contributed by atoms with Crippen LogP contribution in [0.4, 0.5) is 0 Å². The molecule has 0 aliphatic rings. The Morgan fingerprint density at radius 3 is 2.58 bits per heavy atom. The van der Waals surface area contributed by atoms with Crippen molar-refractivity contribution in [2.75, 3.05) is 14.1 Å². The lowest BCUT2D eigenvalue weighted by molar-refractivity contribution is 0.0821. The van der Waals surface area contributed by atoms with Crippen molar-refractivity contribution in [2.24, 2.45) is 0 Å².